The monoisotopic (exact) mass is 293 g/mol. The number of hydrogen-bond donors (Lipinski definition) is 0. The summed E-state index contributed by atoms with van der Waals surface area (Å²) in [6.07, 6.45) is -4.30. The first-order valence-electron chi connectivity index (χ1n) is 6.80. The molecule has 2 rings (SSSR count). The summed E-state index contributed by atoms with van der Waals surface area (Å²) in [5, 5.41) is 0. The lowest BCUT2D eigenvalue weighted by atomic mass is 10.0. The maximum Gasteiger partial charge on any atom is 0.416 e. The van der Waals surface area contributed by atoms with Crippen LogP contribution in [0.5, 0.6) is 0 Å². The molecule has 4 heteroatoms. The van der Waals surface area contributed by atoms with Crippen LogP contribution in [0.4, 0.5) is 18.9 Å². The Morgan fingerprint density at radius 2 is 1.48 bits per heavy atom. The van der Waals surface area contributed by atoms with E-state index in [9.17, 15) is 13.2 Å². The number of benzene rings is 2. The maximum atomic E-state index is 12.6. The zero-order valence-corrected chi connectivity index (χ0v) is 12.3. The minimum absolute atomic E-state index is 0.306. The minimum atomic E-state index is -4.30. The van der Waals surface area contributed by atoms with E-state index < -0.39 is 11.7 Å². The molecule has 2 aromatic carbocycles. The molecule has 21 heavy (non-hydrogen) atoms. The Balaban J connectivity index is 2.43. The number of rotatable bonds is 3. The number of halogens is 3. The number of nitrogens with zero attached hydrogens (tertiary/aromatic N) is 1. The van der Waals surface area contributed by atoms with Gasteiger partial charge in [0.05, 0.1) is 5.56 Å². The van der Waals surface area contributed by atoms with Crippen LogP contribution in [0.3, 0.4) is 0 Å². The van der Waals surface area contributed by atoms with Gasteiger partial charge < -0.3 is 4.90 Å². The molecule has 0 aliphatic carbocycles. The molecule has 0 aliphatic heterocycles. The Morgan fingerprint density at radius 1 is 0.905 bits per heavy atom. The van der Waals surface area contributed by atoms with Crippen molar-refractivity contribution in [2.45, 2.75) is 26.1 Å². The van der Waals surface area contributed by atoms with E-state index in [4.69, 9.17) is 0 Å². The first-order chi connectivity index (χ1) is 9.80. The van der Waals surface area contributed by atoms with Gasteiger partial charge >= 0.3 is 6.18 Å². The van der Waals surface area contributed by atoms with Gasteiger partial charge in [-0.3, -0.25) is 0 Å². The third-order valence-corrected chi connectivity index (χ3v) is 3.58. The average molecular weight is 293 g/mol. The van der Waals surface area contributed by atoms with Crippen LogP contribution in [0.15, 0.2) is 48.5 Å². The van der Waals surface area contributed by atoms with E-state index in [1.165, 1.54) is 12.1 Å². The molecule has 1 nitrogen and oxygen atoms in total. The molecular weight excluding hydrogens is 275 g/mol. The van der Waals surface area contributed by atoms with Crippen LogP contribution >= 0.6 is 0 Å². The molecule has 0 aromatic heterocycles. The number of anilines is 1. The smallest absolute Gasteiger partial charge is 0.372 e. The molecule has 0 aliphatic rings. The van der Waals surface area contributed by atoms with E-state index in [1.54, 1.807) is 0 Å². The van der Waals surface area contributed by atoms with E-state index in [-0.39, 0.29) is 0 Å². The van der Waals surface area contributed by atoms with Crippen molar-refractivity contribution in [2.75, 3.05) is 11.9 Å². The zero-order valence-electron chi connectivity index (χ0n) is 12.3. The summed E-state index contributed by atoms with van der Waals surface area (Å²) in [6.45, 7) is 4.15. The quantitative estimate of drug-likeness (QED) is 0.750. The lowest BCUT2D eigenvalue weighted by molar-refractivity contribution is -0.137. The van der Waals surface area contributed by atoms with Crippen molar-refractivity contribution in [1.29, 1.82) is 0 Å². The van der Waals surface area contributed by atoms with Crippen LogP contribution in [0.25, 0.3) is 11.1 Å². The lowest BCUT2D eigenvalue weighted by Gasteiger charge is -2.26. The molecule has 112 valence electrons. The highest BCUT2D eigenvalue weighted by atomic mass is 19.4. The van der Waals surface area contributed by atoms with Crippen molar-refractivity contribution in [3.05, 3.63) is 54.1 Å². The molecule has 0 amide bonds. The summed E-state index contributed by atoms with van der Waals surface area (Å²) in [4.78, 5) is 2.10. The van der Waals surface area contributed by atoms with Gasteiger partial charge in [0.25, 0.3) is 0 Å². The zero-order chi connectivity index (χ0) is 15.6. The van der Waals surface area contributed by atoms with Gasteiger partial charge in [-0.2, -0.15) is 13.2 Å². The topological polar surface area (TPSA) is 3.24 Å². The van der Waals surface area contributed by atoms with Crippen molar-refractivity contribution in [1.82, 2.24) is 0 Å². The van der Waals surface area contributed by atoms with Crippen LogP contribution in [0.1, 0.15) is 19.4 Å². The molecule has 0 saturated carbocycles. The van der Waals surface area contributed by atoms with Crippen molar-refractivity contribution < 1.29 is 13.2 Å². The van der Waals surface area contributed by atoms with Crippen LogP contribution in [-0.2, 0) is 6.18 Å². The van der Waals surface area contributed by atoms with Crippen molar-refractivity contribution >= 4 is 5.69 Å². The van der Waals surface area contributed by atoms with Crippen LogP contribution in [-0.4, -0.2) is 13.1 Å². The summed E-state index contributed by atoms with van der Waals surface area (Å²) in [7, 11) is 1.98. The van der Waals surface area contributed by atoms with E-state index in [0.29, 0.717) is 6.04 Å². The summed E-state index contributed by atoms with van der Waals surface area (Å²) in [5.74, 6) is 0. The van der Waals surface area contributed by atoms with E-state index in [1.807, 2.05) is 31.3 Å². The first-order valence-corrected chi connectivity index (χ1v) is 6.80. The van der Waals surface area contributed by atoms with Crippen molar-refractivity contribution in [2.24, 2.45) is 0 Å². The Bertz CT molecular complexity index is 600. The highest BCUT2D eigenvalue weighted by Crippen LogP contribution is 2.34. The van der Waals surface area contributed by atoms with E-state index >= 15 is 0 Å². The fourth-order valence-electron chi connectivity index (χ4n) is 2.14. The van der Waals surface area contributed by atoms with Gasteiger partial charge in [0.1, 0.15) is 0 Å². The van der Waals surface area contributed by atoms with Crippen LogP contribution < -0.4 is 4.90 Å². The molecule has 0 heterocycles. The standard InChI is InChI=1S/C17H18F3N/c1-12(2)21(3)16-7-5-4-6-15(16)13-8-10-14(11-9-13)17(18,19)20/h4-12H,1-3H3. The molecule has 0 fully saturated rings. The van der Waals surface area contributed by atoms with Gasteiger partial charge in [-0.05, 0) is 37.6 Å². The fraction of sp³-hybridized carbons (Fsp3) is 0.294. The SMILES string of the molecule is CC(C)N(C)c1ccccc1-c1ccc(C(F)(F)F)cc1. The highest BCUT2D eigenvalue weighted by Gasteiger charge is 2.30. The molecule has 0 atom stereocenters. The van der Waals surface area contributed by atoms with Crippen LogP contribution in [0.2, 0.25) is 0 Å². The van der Waals surface area contributed by atoms with Gasteiger partial charge in [-0.1, -0.05) is 30.3 Å². The normalized spacial score (nSPS) is 11.8. The second-order valence-electron chi connectivity index (χ2n) is 5.30. The molecular formula is C17H18F3N. The minimum Gasteiger partial charge on any atom is -0.372 e. The fourth-order valence-corrected chi connectivity index (χ4v) is 2.14. The van der Waals surface area contributed by atoms with Crippen molar-refractivity contribution in [3.8, 4) is 11.1 Å². The van der Waals surface area contributed by atoms with Gasteiger partial charge in [0.2, 0.25) is 0 Å². The lowest BCUT2D eigenvalue weighted by Crippen LogP contribution is -2.26. The second-order valence-corrected chi connectivity index (χ2v) is 5.30. The molecule has 0 unspecified atom stereocenters. The molecule has 0 N–H and O–H groups in total. The third kappa shape index (κ3) is 3.38. The van der Waals surface area contributed by atoms with E-state index in [0.717, 1.165) is 28.9 Å². The summed E-state index contributed by atoms with van der Waals surface area (Å²) in [5.41, 5.74) is 2.10. The summed E-state index contributed by atoms with van der Waals surface area (Å²) >= 11 is 0. The number of alkyl halides is 3. The molecule has 0 bridgehead atoms. The number of hydrogen-bond acceptors (Lipinski definition) is 1. The third-order valence-electron chi connectivity index (χ3n) is 3.58. The molecule has 0 spiro atoms. The Labute approximate surface area is 123 Å². The van der Waals surface area contributed by atoms with Gasteiger partial charge in [0.15, 0.2) is 0 Å². The largest absolute Gasteiger partial charge is 0.416 e. The van der Waals surface area contributed by atoms with Gasteiger partial charge in [-0.25, -0.2) is 0 Å². The predicted molar refractivity (Wildman–Crippen MR) is 80.4 cm³/mol. The second kappa shape index (κ2) is 5.80. The van der Waals surface area contributed by atoms with Crippen molar-refractivity contribution in [3.63, 3.8) is 0 Å². The van der Waals surface area contributed by atoms with Gasteiger partial charge in [0, 0.05) is 24.3 Å². The Morgan fingerprint density at radius 3 is 2.00 bits per heavy atom. The summed E-state index contributed by atoms with van der Waals surface area (Å²) < 4.78 is 37.9. The van der Waals surface area contributed by atoms with E-state index in [2.05, 4.69) is 18.7 Å². The molecule has 0 saturated heterocycles. The highest BCUT2D eigenvalue weighted by molar-refractivity contribution is 5.78. The maximum absolute atomic E-state index is 12.6. The predicted octanol–water partition coefficient (Wildman–Crippen LogP) is 5.22. The number of para-hydroxylation sites is 1. The molecule has 0 radical (unpaired) electrons. The van der Waals surface area contributed by atoms with Gasteiger partial charge in [-0.15, -0.1) is 0 Å². The summed E-state index contributed by atoms with van der Waals surface area (Å²) in [6, 6.07) is 13.3. The Kier molecular flexibility index (Phi) is 4.26. The first kappa shape index (κ1) is 15.4. The Hall–Kier alpha value is -1.97. The van der Waals surface area contributed by atoms with Crippen LogP contribution in [0, 0.1) is 0 Å². The molecule has 2 aromatic rings. The average Bonchev–Trinajstić information content (AvgIpc) is 2.45.